The van der Waals surface area contributed by atoms with E-state index in [1.165, 1.54) is 37.5 Å². The molecule has 1 aromatic rings. The molecule has 1 saturated heterocycles. The lowest BCUT2D eigenvalue weighted by atomic mass is 10.0. The molecule has 1 fully saturated rings. The number of amides is 2. The van der Waals surface area contributed by atoms with Crippen LogP contribution in [0, 0.1) is 0 Å². The van der Waals surface area contributed by atoms with Gasteiger partial charge in [-0.25, -0.2) is 12.7 Å². The van der Waals surface area contributed by atoms with Gasteiger partial charge in [-0.1, -0.05) is 6.42 Å². The molecule has 0 bridgehead atoms. The van der Waals surface area contributed by atoms with Gasteiger partial charge >= 0.3 is 0 Å². The largest absolute Gasteiger partial charge is 0.352 e. The molecular formula is C21H31N3O4S. The molecule has 160 valence electrons. The van der Waals surface area contributed by atoms with Gasteiger partial charge in [0.05, 0.1) is 5.56 Å². The molecule has 0 saturated carbocycles. The van der Waals surface area contributed by atoms with Crippen LogP contribution in [0.5, 0.6) is 0 Å². The Morgan fingerprint density at radius 2 is 2.00 bits per heavy atom. The molecule has 0 aliphatic carbocycles. The fourth-order valence-corrected chi connectivity index (χ4v) is 5.93. The number of unbranched alkanes of at least 4 members (excludes halogenated alkanes) is 1. The van der Waals surface area contributed by atoms with E-state index in [4.69, 9.17) is 0 Å². The minimum atomic E-state index is -3.90. The van der Waals surface area contributed by atoms with Crippen LogP contribution in [-0.2, 0) is 10.0 Å². The molecule has 29 heavy (non-hydrogen) atoms. The van der Waals surface area contributed by atoms with Crippen LogP contribution in [0.1, 0.15) is 73.6 Å². The molecule has 1 atom stereocenters. The summed E-state index contributed by atoms with van der Waals surface area (Å²) in [5.74, 6) is -0.848. The van der Waals surface area contributed by atoms with Crippen LogP contribution in [-0.4, -0.2) is 61.2 Å². The van der Waals surface area contributed by atoms with E-state index in [0.717, 1.165) is 30.2 Å². The van der Waals surface area contributed by atoms with Crippen LogP contribution in [0.3, 0.4) is 0 Å². The number of carbonyl (C=O) groups excluding carboxylic acids is 2. The quantitative estimate of drug-likeness (QED) is 0.684. The number of fused-ring (bicyclic) bond motifs is 1. The summed E-state index contributed by atoms with van der Waals surface area (Å²) in [4.78, 5) is 27.3. The number of nitrogens with one attached hydrogen (secondary N) is 1. The maximum absolute atomic E-state index is 12.7. The van der Waals surface area contributed by atoms with Crippen LogP contribution < -0.4 is 5.32 Å². The highest BCUT2D eigenvalue weighted by molar-refractivity contribution is 7.90. The van der Waals surface area contributed by atoms with Gasteiger partial charge in [0.15, 0.2) is 0 Å². The van der Waals surface area contributed by atoms with Crippen molar-refractivity contribution in [3.8, 4) is 0 Å². The molecule has 2 heterocycles. The van der Waals surface area contributed by atoms with Crippen molar-refractivity contribution < 1.29 is 18.0 Å². The summed E-state index contributed by atoms with van der Waals surface area (Å²) in [5, 5.41) is 2.86. The van der Waals surface area contributed by atoms with Gasteiger partial charge in [-0.3, -0.25) is 9.59 Å². The molecule has 1 aromatic carbocycles. The minimum absolute atomic E-state index is 0.0806. The summed E-state index contributed by atoms with van der Waals surface area (Å²) < 4.78 is 26.2. The summed E-state index contributed by atoms with van der Waals surface area (Å²) in [5.41, 5.74) is 0.390. The zero-order valence-corrected chi connectivity index (χ0v) is 18.3. The van der Waals surface area contributed by atoms with Gasteiger partial charge in [-0.05, 0) is 77.7 Å². The zero-order valence-electron chi connectivity index (χ0n) is 17.5. The molecule has 2 aliphatic heterocycles. The first-order valence-corrected chi connectivity index (χ1v) is 11.9. The van der Waals surface area contributed by atoms with E-state index in [9.17, 15) is 18.0 Å². The Bertz CT molecular complexity index is 882. The summed E-state index contributed by atoms with van der Waals surface area (Å²) in [6, 6.07) is 4.43. The Labute approximate surface area is 173 Å². The third-order valence-electron chi connectivity index (χ3n) is 5.78. The van der Waals surface area contributed by atoms with Crippen molar-refractivity contribution in [2.45, 2.75) is 69.9 Å². The molecule has 0 aromatic heterocycles. The topological polar surface area (TPSA) is 86.8 Å². The maximum atomic E-state index is 12.7. The van der Waals surface area contributed by atoms with E-state index in [0.29, 0.717) is 12.6 Å². The second kappa shape index (κ2) is 8.83. The van der Waals surface area contributed by atoms with Crippen molar-refractivity contribution in [2.24, 2.45) is 0 Å². The number of nitrogens with zero attached hydrogens (tertiary/aromatic N) is 2. The molecule has 1 N–H and O–H groups in total. The van der Waals surface area contributed by atoms with Gasteiger partial charge in [-0.2, -0.15) is 0 Å². The van der Waals surface area contributed by atoms with E-state index >= 15 is 0 Å². The Morgan fingerprint density at radius 3 is 2.69 bits per heavy atom. The zero-order chi connectivity index (χ0) is 21.2. The first-order valence-electron chi connectivity index (χ1n) is 10.5. The predicted molar refractivity (Wildman–Crippen MR) is 111 cm³/mol. The van der Waals surface area contributed by atoms with Gasteiger partial charge in [0.2, 0.25) is 0 Å². The molecular weight excluding hydrogens is 390 g/mol. The predicted octanol–water partition coefficient (Wildman–Crippen LogP) is 2.62. The van der Waals surface area contributed by atoms with Gasteiger partial charge in [0, 0.05) is 24.2 Å². The average molecular weight is 422 g/mol. The van der Waals surface area contributed by atoms with Crippen molar-refractivity contribution in [2.75, 3.05) is 19.6 Å². The Morgan fingerprint density at radius 1 is 1.24 bits per heavy atom. The molecule has 2 amide bonds. The lowest BCUT2D eigenvalue weighted by Gasteiger charge is -2.33. The lowest BCUT2D eigenvalue weighted by molar-refractivity contribution is 0.0845. The van der Waals surface area contributed by atoms with Crippen LogP contribution >= 0.6 is 0 Å². The number of rotatable bonds is 7. The molecule has 0 spiro atoms. The molecule has 1 unspecified atom stereocenters. The van der Waals surface area contributed by atoms with E-state index in [1.807, 2.05) is 0 Å². The number of hydrogen-bond acceptors (Lipinski definition) is 5. The SMILES string of the molecule is CC1CCCCN1CCCCNC(=O)c1ccc2c(c1)S(=O)(=O)N(C(C)C)C2=O. The first kappa shape index (κ1) is 21.8. The molecule has 3 rings (SSSR count). The summed E-state index contributed by atoms with van der Waals surface area (Å²) >= 11 is 0. The molecule has 0 radical (unpaired) electrons. The van der Waals surface area contributed by atoms with Crippen molar-refractivity contribution in [3.05, 3.63) is 29.3 Å². The van der Waals surface area contributed by atoms with Gasteiger partial charge < -0.3 is 10.2 Å². The van der Waals surface area contributed by atoms with Crippen molar-refractivity contribution in [3.63, 3.8) is 0 Å². The van der Waals surface area contributed by atoms with Crippen LogP contribution in [0.4, 0.5) is 0 Å². The fourth-order valence-electron chi connectivity index (χ4n) is 4.13. The Hall–Kier alpha value is -1.93. The smallest absolute Gasteiger partial charge is 0.269 e. The standard InChI is InChI=1S/C21H31N3O4S/c1-15(2)24-21(26)18-10-9-17(14-19(18)29(24,27)28)20(25)22-11-5-7-13-23-12-6-4-8-16(23)3/h9-10,14-16H,4-8,11-13H2,1-3H3,(H,22,25). The van der Waals surface area contributed by atoms with Crippen molar-refractivity contribution >= 4 is 21.8 Å². The summed E-state index contributed by atoms with van der Waals surface area (Å²) in [7, 11) is -3.90. The third-order valence-corrected chi connectivity index (χ3v) is 7.78. The molecule has 8 heteroatoms. The highest BCUT2D eigenvalue weighted by Crippen LogP contribution is 2.32. The number of likely N-dealkylation sites (tertiary alicyclic amines) is 1. The van der Waals surface area contributed by atoms with Crippen LogP contribution in [0.15, 0.2) is 23.1 Å². The monoisotopic (exact) mass is 421 g/mol. The fraction of sp³-hybridized carbons (Fsp3) is 0.619. The molecule has 2 aliphatic rings. The Kier molecular flexibility index (Phi) is 6.63. The normalized spacial score (nSPS) is 21.4. The van der Waals surface area contributed by atoms with Crippen molar-refractivity contribution in [1.82, 2.24) is 14.5 Å². The first-order chi connectivity index (χ1) is 13.7. The maximum Gasteiger partial charge on any atom is 0.269 e. The highest BCUT2D eigenvalue weighted by Gasteiger charge is 2.42. The third kappa shape index (κ3) is 4.48. The van der Waals surface area contributed by atoms with Gasteiger partial charge in [-0.15, -0.1) is 0 Å². The van der Waals surface area contributed by atoms with E-state index in [-0.39, 0.29) is 21.9 Å². The lowest BCUT2D eigenvalue weighted by Crippen LogP contribution is -2.38. The van der Waals surface area contributed by atoms with Gasteiger partial charge in [0.1, 0.15) is 4.90 Å². The van der Waals surface area contributed by atoms with E-state index in [2.05, 4.69) is 17.1 Å². The van der Waals surface area contributed by atoms with Crippen LogP contribution in [0.2, 0.25) is 0 Å². The average Bonchev–Trinajstić information content (AvgIpc) is 2.88. The summed E-state index contributed by atoms with van der Waals surface area (Å²) in [6.45, 7) is 8.32. The number of piperidine rings is 1. The highest BCUT2D eigenvalue weighted by atomic mass is 32.2. The number of hydrogen-bond donors (Lipinski definition) is 1. The van der Waals surface area contributed by atoms with Gasteiger partial charge in [0.25, 0.3) is 21.8 Å². The summed E-state index contributed by atoms with van der Waals surface area (Å²) in [6.07, 6.45) is 5.72. The number of benzene rings is 1. The van der Waals surface area contributed by atoms with Crippen molar-refractivity contribution in [1.29, 1.82) is 0 Å². The number of carbonyl (C=O) groups is 2. The minimum Gasteiger partial charge on any atom is -0.352 e. The Balaban J connectivity index is 1.55. The second-order valence-corrected chi connectivity index (χ2v) is 10.0. The van der Waals surface area contributed by atoms with Crippen LogP contribution in [0.25, 0.3) is 0 Å². The van der Waals surface area contributed by atoms with E-state index in [1.54, 1.807) is 13.8 Å². The second-order valence-electron chi connectivity index (χ2n) is 8.25. The molecule has 7 nitrogen and oxygen atoms in total. The van der Waals surface area contributed by atoms with E-state index < -0.39 is 22.0 Å². The number of sulfonamides is 1.